The van der Waals surface area contributed by atoms with E-state index in [2.05, 4.69) is 5.10 Å². The zero-order chi connectivity index (χ0) is 11.7. The van der Waals surface area contributed by atoms with E-state index in [1.807, 2.05) is 0 Å². The van der Waals surface area contributed by atoms with Crippen molar-refractivity contribution in [3.8, 4) is 17.0 Å². The van der Waals surface area contributed by atoms with Crippen molar-refractivity contribution in [3.05, 3.63) is 30.1 Å². The van der Waals surface area contributed by atoms with Crippen molar-refractivity contribution in [3.63, 3.8) is 0 Å². The molecule has 0 aliphatic heterocycles. The van der Waals surface area contributed by atoms with Gasteiger partial charge in [-0.2, -0.15) is 5.10 Å². The molecule has 0 saturated carbocycles. The van der Waals surface area contributed by atoms with Crippen LogP contribution >= 0.6 is 0 Å². The molecule has 0 atom stereocenters. The van der Waals surface area contributed by atoms with Crippen LogP contribution in [0.25, 0.3) is 11.3 Å². The van der Waals surface area contributed by atoms with Gasteiger partial charge in [0.1, 0.15) is 5.82 Å². The van der Waals surface area contributed by atoms with Crippen LogP contribution in [0.5, 0.6) is 5.75 Å². The number of benzene rings is 1. The second kappa shape index (κ2) is 3.84. The lowest BCUT2D eigenvalue weighted by atomic mass is 10.1. The lowest BCUT2D eigenvalue weighted by Crippen LogP contribution is -1.96. The third-order valence-corrected chi connectivity index (χ3v) is 2.36. The molecule has 0 aliphatic rings. The highest BCUT2D eigenvalue weighted by atomic mass is 19.1. The van der Waals surface area contributed by atoms with Crippen LogP contribution < -0.4 is 10.5 Å². The van der Waals surface area contributed by atoms with Crippen LogP contribution in [-0.2, 0) is 7.05 Å². The van der Waals surface area contributed by atoms with Crippen molar-refractivity contribution in [1.82, 2.24) is 9.78 Å². The van der Waals surface area contributed by atoms with E-state index in [4.69, 9.17) is 10.5 Å². The van der Waals surface area contributed by atoms with Gasteiger partial charge in [-0.1, -0.05) is 0 Å². The Balaban J connectivity index is 2.45. The summed E-state index contributed by atoms with van der Waals surface area (Å²) in [5.41, 5.74) is 6.97. The minimum absolute atomic E-state index is 0.215. The van der Waals surface area contributed by atoms with Crippen molar-refractivity contribution < 1.29 is 9.13 Å². The summed E-state index contributed by atoms with van der Waals surface area (Å²) in [6.07, 6.45) is 0. The number of nitrogens with two attached hydrogens (primary N) is 1. The first kappa shape index (κ1) is 10.5. The van der Waals surface area contributed by atoms with E-state index in [0.29, 0.717) is 17.1 Å². The van der Waals surface area contributed by atoms with Gasteiger partial charge in [-0.05, 0) is 18.2 Å². The summed E-state index contributed by atoms with van der Waals surface area (Å²) in [4.78, 5) is 0. The van der Waals surface area contributed by atoms with Gasteiger partial charge in [-0.25, -0.2) is 4.39 Å². The fourth-order valence-corrected chi connectivity index (χ4v) is 1.45. The van der Waals surface area contributed by atoms with E-state index in [9.17, 15) is 4.39 Å². The SMILES string of the molecule is COc1ccc(-c2cc(N)n(C)n2)cc1F. The number of aryl methyl sites for hydroxylation is 1. The van der Waals surface area contributed by atoms with Gasteiger partial charge in [-0.3, -0.25) is 4.68 Å². The molecule has 5 heteroatoms. The Morgan fingerprint density at radius 1 is 1.38 bits per heavy atom. The average molecular weight is 221 g/mol. The summed E-state index contributed by atoms with van der Waals surface area (Å²) in [6.45, 7) is 0. The minimum Gasteiger partial charge on any atom is -0.494 e. The van der Waals surface area contributed by atoms with Crippen molar-refractivity contribution >= 4 is 5.82 Å². The molecule has 4 nitrogen and oxygen atoms in total. The summed E-state index contributed by atoms with van der Waals surface area (Å²) >= 11 is 0. The Bertz CT molecular complexity index is 502. The molecule has 0 bridgehead atoms. The van der Waals surface area contributed by atoms with Crippen molar-refractivity contribution in [2.75, 3.05) is 12.8 Å². The van der Waals surface area contributed by atoms with Crippen LogP contribution in [0.3, 0.4) is 0 Å². The summed E-state index contributed by atoms with van der Waals surface area (Å²) in [6, 6.07) is 6.38. The molecular weight excluding hydrogens is 209 g/mol. The number of aromatic nitrogens is 2. The van der Waals surface area contributed by atoms with Crippen molar-refractivity contribution in [1.29, 1.82) is 0 Å². The number of rotatable bonds is 2. The lowest BCUT2D eigenvalue weighted by Gasteiger charge is -2.02. The first-order valence-corrected chi connectivity index (χ1v) is 4.75. The van der Waals surface area contributed by atoms with Crippen molar-refractivity contribution in [2.24, 2.45) is 7.05 Å². The molecular formula is C11H12FN3O. The van der Waals surface area contributed by atoms with Gasteiger partial charge in [0.2, 0.25) is 0 Å². The fraction of sp³-hybridized carbons (Fsp3) is 0.182. The number of methoxy groups -OCH3 is 1. The monoisotopic (exact) mass is 221 g/mol. The lowest BCUT2D eigenvalue weighted by molar-refractivity contribution is 0.386. The van der Waals surface area contributed by atoms with E-state index in [0.717, 1.165) is 0 Å². The van der Waals surface area contributed by atoms with Gasteiger partial charge in [0, 0.05) is 18.7 Å². The van der Waals surface area contributed by atoms with Crippen LogP contribution in [0, 0.1) is 5.82 Å². The molecule has 2 N–H and O–H groups in total. The van der Waals surface area contributed by atoms with E-state index in [1.165, 1.54) is 17.9 Å². The minimum atomic E-state index is -0.413. The Morgan fingerprint density at radius 3 is 2.62 bits per heavy atom. The van der Waals surface area contributed by atoms with Crippen molar-refractivity contribution in [2.45, 2.75) is 0 Å². The van der Waals surface area contributed by atoms with Gasteiger partial charge in [-0.15, -0.1) is 0 Å². The number of hydrogen-bond acceptors (Lipinski definition) is 3. The Kier molecular flexibility index (Phi) is 2.52. The van der Waals surface area contributed by atoms with E-state index in [-0.39, 0.29) is 5.75 Å². The fourth-order valence-electron chi connectivity index (χ4n) is 1.45. The van der Waals surface area contributed by atoms with E-state index < -0.39 is 5.82 Å². The van der Waals surface area contributed by atoms with Crippen LogP contribution in [0.4, 0.5) is 10.2 Å². The third kappa shape index (κ3) is 1.71. The molecule has 0 spiro atoms. The van der Waals surface area contributed by atoms with E-state index in [1.54, 1.807) is 25.2 Å². The maximum Gasteiger partial charge on any atom is 0.165 e. The Hall–Kier alpha value is -2.04. The van der Waals surface area contributed by atoms with E-state index >= 15 is 0 Å². The van der Waals surface area contributed by atoms with Crippen LogP contribution in [0.2, 0.25) is 0 Å². The second-order valence-electron chi connectivity index (χ2n) is 3.43. The largest absolute Gasteiger partial charge is 0.494 e. The molecule has 0 unspecified atom stereocenters. The summed E-state index contributed by atoms with van der Waals surface area (Å²) in [5.74, 6) is 0.336. The Morgan fingerprint density at radius 2 is 2.12 bits per heavy atom. The topological polar surface area (TPSA) is 53.1 Å². The molecule has 1 heterocycles. The number of hydrogen-bond donors (Lipinski definition) is 1. The predicted molar refractivity (Wildman–Crippen MR) is 59.6 cm³/mol. The molecule has 0 radical (unpaired) electrons. The van der Waals surface area contributed by atoms with Gasteiger partial charge in [0.05, 0.1) is 12.8 Å². The maximum atomic E-state index is 13.5. The molecule has 16 heavy (non-hydrogen) atoms. The van der Waals surface area contributed by atoms with Gasteiger partial charge in [0.15, 0.2) is 11.6 Å². The van der Waals surface area contributed by atoms with Gasteiger partial charge >= 0.3 is 0 Å². The van der Waals surface area contributed by atoms with Crippen LogP contribution in [0.15, 0.2) is 24.3 Å². The molecule has 1 aromatic heterocycles. The molecule has 0 amide bonds. The number of halogens is 1. The summed E-state index contributed by atoms with van der Waals surface area (Å²) < 4.78 is 19.8. The number of ether oxygens (including phenoxy) is 1. The smallest absolute Gasteiger partial charge is 0.165 e. The van der Waals surface area contributed by atoms with Gasteiger partial charge < -0.3 is 10.5 Å². The number of nitrogens with zero attached hydrogens (tertiary/aromatic N) is 2. The first-order valence-electron chi connectivity index (χ1n) is 4.75. The molecule has 2 aromatic rings. The maximum absolute atomic E-state index is 13.5. The third-order valence-electron chi connectivity index (χ3n) is 2.36. The standard InChI is InChI=1S/C11H12FN3O/c1-15-11(13)6-9(14-15)7-3-4-10(16-2)8(12)5-7/h3-6H,13H2,1-2H3. The number of anilines is 1. The summed E-state index contributed by atoms with van der Waals surface area (Å²) in [5, 5.41) is 4.16. The molecule has 2 rings (SSSR count). The predicted octanol–water partition coefficient (Wildman–Crippen LogP) is 1.82. The zero-order valence-electron chi connectivity index (χ0n) is 9.07. The summed E-state index contributed by atoms with van der Waals surface area (Å²) in [7, 11) is 3.16. The average Bonchev–Trinajstić information content (AvgIpc) is 2.59. The molecule has 0 aliphatic carbocycles. The molecule has 0 fully saturated rings. The zero-order valence-corrected chi connectivity index (χ0v) is 9.07. The quantitative estimate of drug-likeness (QED) is 0.841. The van der Waals surface area contributed by atoms with Gasteiger partial charge in [0.25, 0.3) is 0 Å². The molecule has 0 saturated heterocycles. The van der Waals surface area contributed by atoms with Crippen LogP contribution in [0.1, 0.15) is 0 Å². The first-order chi connectivity index (χ1) is 7.61. The highest BCUT2D eigenvalue weighted by molar-refractivity contribution is 5.63. The Labute approximate surface area is 92.4 Å². The number of nitrogen functional groups attached to an aromatic ring is 1. The second-order valence-corrected chi connectivity index (χ2v) is 3.43. The molecule has 1 aromatic carbocycles. The highest BCUT2D eigenvalue weighted by Crippen LogP contribution is 2.25. The highest BCUT2D eigenvalue weighted by Gasteiger charge is 2.08. The molecule has 84 valence electrons. The normalized spacial score (nSPS) is 10.4. The van der Waals surface area contributed by atoms with Crippen LogP contribution in [-0.4, -0.2) is 16.9 Å².